The molecule has 0 aliphatic heterocycles. The maximum atomic E-state index is 11.1. The Morgan fingerprint density at radius 2 is 2.24 bits per heavy atom. The third-order valence-electron chi connectivity index (χ3n) is 2.22. The van der Waals surface area contributed by atoms with Crippen LogP contribution in [0.1, 0.15) is 33.8 Å². The van der Waals surface area contributed by atoms with Crippen molar-refractivity contribution in [2.45, 2.75) is 13.0 Å². The lowest BCUT2D eigenvalue weighted by Crippen LogP contribution is -2.09. The molecule has 2 aromatic heterocycles. The molecule has 0 bridgehead atoms. The molecule has 5 heteroatoms. The molecule has 0 fully saturated rings. The molecule has 0 aromatic carbocycles. The highest BCUT2D eigenvalue weighted by molar-refractivity contribution is 7.10. The average Bonchev–Trinajstić information content (AvgIpc) is 2.96. The Bertz CT molecular complexity index is 514. The number of aldehydes is 1. The van der Waals surface area contributed by atoms with Gasteiger partial charge in [0.25, 0.3) is 0 Å². The van der Waals surface area contributed by atoms with Gasteiger partial charge in [0.15, 0.2) is 12.4 Å². The van der Waals surface area contributed by atoms with Gasteiger partial charge in [-0.1, -0.05) is 0 Å². The van der Waals surface area contributed by atoms with Gasteiger partial charge in [-0.05, 0) is 28.3 Å². The SMILES string of the molecule is CC(=O)OC(c1ccsc1)c1sccc1C=O. The van der Waals surface area contributed by atoms with E-state index in [4.69, 9.17) is 4.74 Å². The van der Waals surface area contributed by atoms with E-state index < -0.39 is 6.10 Å². The first kappa shape index (κ1) is 12.0. The van der Waals surface area contributed by atoms with Gasteiger partial charge in [0.1, 0.15) is 0 Å². The van der Waals surface area contributed by atoms with Crippen molar-refractivity contribution in [2.75, 3.05) is 0 Å². The van der Waals surface area contributed by atoms with E-state index >= 15 is 0 Å². The Balaban J connectivity index is 2.40. The van der Waals surface area contributed by atoms with Crippen molar-refractivity contribution in [3.8, 4) is 0 Å². The summed E-state index contributed by atoms with van der Waals surface area (Å²) in [6.45, 7) is 1.37. The van der Waals surface area contributed by atoms with Crippen molar-refractivity contribution in [1.82, 2.24) is 0 Å². The number of ether oxygens (including phenoxy) is 1. The van der Waals surface area contributed by atoms with E-state index in [0.29, 0.717) is 5.56 Å². The summed E-state index contributed by atoms with van der Waals surface area (Å²) in [7, 11) is 0. The summed E-state index contributed by atoms with van der Waals surface area (Å²) in [5.41, 5.74) is 1.48. The lowest BCUT2D eigenvalue weighted by molar-refractivity contribution is -0.144. The maximum absolute atomic E-state index is 11.1. The van der Waals surface area contributed by atoms with Gasteiger partial charge in [-0.15, -0.1) is 11.3 Å². The number of carbonyl (C=O) groups excluding carboxylic acids is 2. The van der Waals surface area contributed by atoms with Crippen LogP contribution in [0.5, 0.6) is 0 Å². The number of carbonyl (C=O) groups is 2. The summed E-state index contributed by atoms with van der Waals surface area (Å²) in [5.74, 6) is -0.355. The molecule has 0 aliphatic carbocycles. The second kappa shape index (κ2) is 5.25. The van der Waals surface area contributed by atoms with Crippen molar-refractivity contribution < 1.29 is 14.3 Å². The molecule has 17 heavy (non-hydrogen) atoms. The van der Waals surface area contributed by atoms with Crippen LogP contribution in [0.2, 0.25) is 0 Å². The Morgan fingerprint density at radius 3 is 2.82 bits per heavy atom. The standard InChI is InChI=1S/C12H10O3S2/c1-8(14)15-11(10-2-4-16-7-10)12-9(6-13)3-5-17-12/h2-7,11H,1H3. The molecular weight excluding hydrogens is 256 g/mol. The highest BCUT2D eigenvalue weighted by Gasteiger charge is 2.22. The van der Waals surface area contributed by atoms with Gasteiger partial charge >= 0.3 is 5.97 Å². The third kappa shape index (κ3) is 2.62. The van der Waals surface area contributed by atoms with Crippen LogP contribution in [0.3, 0.4) is 0 Å². The van der Waals surface area contributed by atoms with Crippen molar-refractivity contribution >= 4 is 34.9 Å². The van der Waals surface area contributed by atoms with Gasteiger partial charge in [0.2, 0.25) is 0 Å². The van der Waals surface area contributed by atoms with Crippen LogP contribution in [0.4, 0.5) is 0 Å². The van der Waals surface area contributed by atoms with Crippen LogP contribution < -0.4 is 0 Å². The first-order valence-electron chi connectivity index (χ1n) is 4.94. The number of rotatable bonds is 4. The summed E-state index contributed by atoms with van der Waals surface area (Å²) in [6, 6.07) is 3.63. The minimum absolute atomic E-state index is 0.355. The van der Waals surface area contributed by atoms with Crippen molar-refractivity contribution in [3.05, 3.63) is 44.3 Å². The fourth-order valence-electron chi connectivity index (χ4n) is 1.50. The summed E-state index contributed by atoms with van der Waals surface area (Å²) in [4.78, 5) is 22.8. The van der Waals surface area contributed by atoms with Gasteiger partial charge in [-0.25, -0.2) is 0 Å². The molecule has 0 radical (unpaired) electrons. The third-order valence-corrected chi connectivity index (χ3v) is 3.90. The summed E-state index contributed by atoms with van der Waals surface area (Å²) in [6.07, 6.45) is 0.313. The van der Waals surface area contributed by atoms with Crippen LogP contribution in [-0.2, 0) is 9.53 Å². The van der Waals surface area contributed by atoms with Gasteiger partial charge in [0, 0.05) is 18.1 Å². The first-order valence-corrected chi connectivity index (χ1v) is 6.76. The number of thiophene rings is 2. The Hall–Kier alpha value is -1.46. The smallest absolute Gasteiger partial charge is 0.303 e. The summed E-state index contributed by atoms with van der Waals surface area (Å²) >= 11 is 2.95. The zero-order chi connectivity index (χ0) is 12.3. The molecule has 2 aromatic rings. The highest BCUT2D eigenvalue weighted by atomic mass is 32.1. The van der Waals surface area contributed by atoms with Crippen LogP contribution in [-0.4, -0.2) is 12.3 Å². The predicted molar refractivity (Wildman–Crippen MR) is 67.6 cm³/mol. The van der Waals surface area contributed by atoms with E-state index in [0.717, 1.165) is 16.7 Å². The van der Waals surface area contributed by atoms with E-state index in [1.807, 2.05) is 22.2 Å². The summed E-state index contributed by atoms with van der Waals surface area (Å²) in [5, 5.41) is 5.66. The molecule has 3 nitrogen and oxygen atoms in total. The van der Waals surface area contributed by atoms with Crippen LogP contribution in [0, 0.1) is 0 Å². The van der Waals surface area contributed by atoms with Crippen LogP contribution in [0.15, 0.2) is 28.3 Å². The molecule has 2 rings (SSSR count). The second-order valence-electron chi connectivity index (χ2n) is 3.40. The predicted octanol–water partition coefficient (Wildman–Crippen LogP) is 3.27. The van der Waals surface area contributed by atoms with E-state index in [-0.39, 0.29) is 5.97 Å². The number of hydrogen-bond donors (Lipinski definition) is 0. The maximum Gasteiger partial charge on any atom is 0.303 e. The molecule has 88 valence electrons. The van der Waals surface area contributed by atoms with Crippen molar-refractivity contribution in [2.24, 2.45) is 0 Å². The van der Waals surface area contributed by atoms with Gasteiger partial charge in [-0.2, -0.15) is 11.3 Å². The Morgan fingerprint density at radius 1 is 1.41 bits per heavy atom. The average molecular weight is 266 g/mol. The second-order valence-corrected chi connectivity index (χ2v) is 5.13. The summed E-state index contributed by atoms with van der Waals surface area (Å²) < 4.78 is 5.30. The van der Waals surface area contributed by atoms with Crippen LogP contribution >= 0.6 is 22.7 Å². The molecule has 0 saturated heterocycles. The first-order chi connectivity index (χ1) is 8.22. The topological polar surface area (TPSA) is 43.4 Å². The fraction of sp³-hybridized carbons (Fsp3) is 0.167. The lowest BCUT2D eigenvalue weighted by atomic mass is 10.1. The van der Waals surface area contributed by atoms with E-state index in [9.17, 15) is 9.59 Å². The quantitative estimate of drug-likeness (QED) is 0.630. The zero-order valence-corrected chi connectivity index (χ0v) is 10.7. The molecule has 0 spiro atoms. The van der Waals surface area contributed by atoms with E-state index in [1.165, 1.54) is 29.6 Å². The molecule has 0 N–H and O–H groups in total. The minimum atomic E-state index is -0.473. The fourth-order valence-corrected chi connectivity index (χ4v) is 3.10. The monoisotopic (exact) mass is 266 g/mol. The van der Waals surface area contributed by atoms with Gasteiger partial charge < -0.3 is 4.74 Å². The molecule has 1 atom stereocenters. The van der Waals surface area contributed by atoms with Crippen LogP contribution in [0.25, 0.3) is 0 Å². The van der Waals surface area contributed by atoms with Crippen molar-refractivity contribution in [3.63, 3.8) is 0 Å². The Labute approximate surface area is 107 Å². The normalized spacial score (nSPS) is 12.1. The number of esters is 1. The molecule has 2 heterocycles. The van der Waals surface area contributed by atoms with Crippen molar-refractivity contribution in [1.29, 1.82) is 0 Å². The highest BCUT2D eigenvalue weighted by Crippen LogP contribution is 2.33. The van der Waals surface area contributed by atoms with Gasteiger partial charge in [0.05, 0.1) is 4.88 Å². The van der Waals surface area contributed by atoms with Gasteiger partial charge in [-0.3, -0.25) is 9.59 Å². The molecule has 0 aliphatic rings. The molecule has 0 saturated carbocycles. The minimum Gasteiger partial charge on any atom is -0.452 e. The lowest BCUT2D eigenvalue weighted by Gasteiger charge is -2.15. The molecular formula is C12H10O3S2. The van der Waals surface area contributed by atoms with E-state index in [1.54, 1.807) is 6.07 Å². The largest absolute Gasteiger partial charge is 0.452 e. The molecule has 0 amide bonds. The van der Waals surface area contributed by atoms with E-state index in [2.05, 4.69) is 0 Å². The Kier molecular flexibility index (Phi) is 3.71. The molecule has 1 unspecified atom stereocenters. The zero-order valence-electron chi connectivity index (χ0n) is 9.08. The number of hydrogen-bond acceptors (Lipinski definition) is 5.